The fourth-order valence-electron chi connectivity index (χ4n) is 4.49. The first-order valence-corrected chi connectivity index (χ1v) is 9.86. The molecule has 2 fully saturated rings. The number of rotatable bonds is 3. The van der Waals surface area contributed by atoms with Crippen molar-refractivity contribution in [3.63, 3.8) is 0 Å². The summed E-state index contributed by atoms with van der Waals surface area (Å²) in [5, 5.41) is 0.807. The number of nitrogens with two attached hydrogens (primary N) is 1. The molecule has 3 heterocycles. The van der Waals surface area contributed by atoms with Gasteiger partial charge in [0.25, 0.3) is 0 Å². The summed E-state index contributed by atoms with van der Waals surface area (Å²) in [7, 11) is 0. The Labute approximate surface area is 161 Å². The first-order valence-electron chi connectivity index (χ1n) is 9.86. The van der Waals surface area contributed by atoms with Gasteiger partial charge in [-0.3, -0.25) is 0 Å². The van der Waals surface area contributed by atoms with Gasteiger partial charge < -0.3 is 10.3 Å². The third kappa shape index (κ3) is 2.40. The number of hydrogen-bond acceptors (Lipinski definition) is 4. The maximum absolute atomic E-state index is 13.6. The lowest BCUT2D eigenvalue weighted by molar-refractivity contribution is 0.264. The van der Waals surface area contributed by atoms with Crippen LogP contribution in [0, 0.1) is 5.82 Å². The lowest BCUT2D eigenvalue weighted by Gasteiger charge is -2.38. The number of anilines is 1. The number of imidazole rings is 1. The quantitative estimate of drug-likeness (QED) is 0.565. The Morgan fingerprint density at radius 1 is 1.00 bits per heavy atom. The minimum absolute atomic E-state index is 0.249. The number of pyridine rings is 2. The van der Waals surface area contributed by atoms with Crippen molar-refractivity contribution in [2.45, 2.75) is 43.6 Å². The summed E-state index contributed by atoms with van der Waals surface area (Å²) in [5.74, 6) is 2.39. The smallest absolute Gasteiger partial charge is 0.160 e. The van der Waals surface area contributed by atoms with Gasteiger partial charge in [0.05, 0.1) is 5.52 Å². The van der Waals surface area contributed by atoms with E-state index in [-0.39, 0.29) is 5.82 Å². The highest BCUT2D eigenvalue weighted by Gasteiger charge is 2.38. The zero-order valence-corrected chi connectivity index (χ0v) is 15.3. The minimum Gasteiger partial charge on any atom is -0.383 e. The number of aromatic nitrogens is 4. The average molecular weight is 373 g/mol. The van der Waals surface area contributed by atoms with E-state index >= 15 is 0 Å². The molecule has 0 amide bonds. The van der Waals surface area contributed by atoms with E-state index in [0.717, 1.165) is 40.5 Å². The zero-order chi connectivity index (χ0) is 18.8. The third-order valence-corrected chi connectivity index (χ3v) is 6.17. The third-order valence-electron chi connectivity index (χ3n) is 6.17. The highest BCUT2D eigenvalue weighted by molar-refractivity contribution is 5.81. The van der Waals surface area contributed by atoms with Crippen LogP contribution in [-0.2, 0) is 0 Å². The minimum atomic E-state index is -0.249. The molecule has 2 N–H and O–H groups in total. The molecule has 2 aliphatic rings. The first-order chi connectivity index (χ1) is 13.7. The van der Waals surface area contributed by atoms with Crippen LogP contribution in [0.4, 0.5) is 10.2 Å². The van der Waals surface area contributed by atoms with Gasteiger partial charge in [0.1, 0.15) is 23.0 Å². The predicted octanol–water partition coefficient (Wildman–Crippen LogP) is 4.70. The Kier molecular flexibility index (Phi) is 3.27. The maximum atomic E-state index is 13.6. The van der Waals surface area contributed by atoms with Crippen LogP contribution in [0.1, 0.15) is 54.9 Å². The molecule has 0 radical (unpaired) electrons. The Bertz CT molecular complexity index is 1220. The second-order valence-electron chi connectivity index (χ2n) is 8.08. The SMILES string of the molecule is Nc1nc2ccc(F)cc2cc1C1CC(n2c(C3CC3)nc3cccnc32)C1. The van der Waals surface area contributed by atoms with Crippen LogP contribution in [0.25, 0.3) is 22.1 Å². The molecule has 6 heteroatoms. The van der Waals surface area contributed by atoms with E-state index in [0.29, 0.717) is 23.7 Å². The molecule has 2 saturated carbocycles. The van der Waals surface area contributed by atoms with Gasteiger partial charge in [-0.25, -0.2) is 19.3 Å². The summed E-state index contributed by atoms with van der Waals surface area (Å²) in [4.78, 5) is 14.0. The Balaban J connectivity index is 1.34. The topological polar surface area (TPSA) is 69.6 Å². The second-order valence-corrected chi connectivity index (χ2v) is 8.08. The summed E-state index contributed by atoms with van der Waals surface area (Å²) in [5.41, 5.74) is 9.97. The molecule has 0 atom stereocenters. The Morgan fingerprint density at radius 3 is 2.68 bits per heavy atom. The number of nitrogen functional groups attached to an aromatic ring is 1. The fourth-order valence-corrected chi connectivity index (χ4v) is 4.49. The van der Waals surface area contributed by atoms with E-state index in [1.165, 1.54) is 30.8 Å². The highest BCUT2D eigenvalue weighted by atomic mass is 19.1. The molecule has 140 valence electrons. The van der Waals surface area contributed by atoms with Gasteiger partial charge in [-0.05, 0) is 73.6 Å². The van der Waals surface area contributed by atoms with Crippen LogP contribution < -0.4 is 5.73 Å². The number of benzene rings is 1. The van der Waals surface area contributed by atoms with E-state index in [4.69, 9.17) is 10.7 Å². The highest BCUT2D eigenvalue weighted by Crippen LogP contribution is 2.50. The number of fused-ring (bicyclic) bond motifs is 2. The maximum Gasteiger partial charge on any atom is 0.160 e. The van der Waals surface area contributed by atoms with Crippen molar-refractivity contribution in [2.24, 2.45) is 0 Å². The molecule has 0 saturated heterocycles. The predicted molar refractivity (Wildman–Crippen MR) is 107 cm³/mol. The molecule has 0 unspecified atom stereocenters. The molecule has 4 aromatic rings. The lowest BCUT2D eigenvalue weighted by atomic mass is 9.75. The van der Waals surface area contributed by atoms with Gasteiger partial charge in [-0.15, -0.1) is 0 Å². The van der Waals surface area contributed by atoms with Crippen molar-refractivity contribution >= 4 is 27.9 Å². The monoisotopic (exact) mass is 373 g/mol. The van der Waals surface area contributed by atoms with Gasteiger partial charge in [0, 0.05) is 23.5 Å². The van der Waals surface area contributed by atoms with Gasteiger partial charge >= 0.3 is 0 Å². The van der Waals surface area contributed by atoms with Gasteiger partial charge in [0.15, 0.2) is 5.65 Å². The molecule has 5 nitrogen and oxygen atoms in total. The number of hydrogen-bond donors (Lipinski definition) is 1. The molecular weight excluding hydrogens is 353 g/mol. The Hall–Kier alpha value is -3.02. The second kappa shape index (κ2) is 5.74. The van der Waals surface area contributed by atoms with Crippen molar-refractivity contribution in [2.75, 3.05) is 5.73 Å². The number of halogens is 1. The molecule has 3 aromatic heterocycles. The summed E-state index contributed by atoms with van der Waals surface area (Å²) in [6.07, 6.45) is 6.23. The van der Waals surface area contributed by atoms with Crippen LogP contribution in [0.15, 0.2) is 42.6 Å². The zero-order valence-electron chi connectivity index (χ0n) is 15.3. The molecule has 0 bridgehead atoms. The van der Waals surface area contributed by atoms with Crippen LogP contribution in [0.3, 0.4) is 0 Å². The van der Waals surface area contributed by atoms with E-state index < -0.39 is 0 Å². The van der Waals surface area contributed by atoms with E-state index in [1.807, 2.05) is 24.4 Å². The van der Waals surface area contributed by atoms with E-state index in [9.17, 15) is 4.39 Å². The summed E-state index contributed by atoms with van der Waals surface area (Å²) in [6, 6.07) is 11.0. The average Bonchev–Trinajstić information content (AvgIpc) is 3.43. The summed E-state index contributed by atoms with van der Waals surface area (Å²) in [6.45, 7) is 0. The summed E-state index contributed by atoms with van der Waals surface area (Å²) < 4.78 is 16.0. The molecule has 0 spiro atoms. The van der Waals surface area contributed by atoms with Crippen LogP contribution in [0.5, 0.6) is 0 Å². The molecule has 0 aliphatic heterocycles. The molecule has 28 heavy (non-hydrogen) atoms. The van der Waals surface area contributed by atoms with Crippen molar-refractivity contribution in [1.82, 2.24) is 19.5 Å². The standard InChI is InChI=1S/C22H20FN5/c23-15-5-6-18-14(8-15)11-17(20(24)26-18)13-9-16(10-13)28-21(12-3-4-12)27-19-2-1-7-25-22(19)28/h1-2,5-8,11-13,16H,3-4,9-10H2,(H2,24,26). The number of nitrogens with zero attached hydrogens (tertiary/aromatic N) is 4. The van der Waals surface area contributed by atoms with E-state index in [1.54, 1.807) is 6.07 Å². The van der Waals surface area contributed by atoms with Crippen molar-refractivity contribution in [3.05, 3.63) is 59.8 Å². The largest absolute Gasteiger partial charge is 0.383 e. The fraction of sp³-hybridized carbons (Fsp3) is 0.318. The van der Waals surface area contributed by atoms with Gasteiger partial charge in [-0.1, -0.05) is 0 Å². The van der Waals surface area contributed by atoms with Crippen molar-refractivity contribution in [3.8, 4) is 0 Å². The van der Waals surface area contributed by atoms with Crippen LogP contribution >= 0.6 is 0 Å². The molecule has 1 aromatic carbocycles. The van der Waals surface area contributed by atoms with E-state index in [2.05, 4.69) is 14.5 Å². The van der Waals surface area contributed by atoms with Crippen LogP contribution in [0.2, 0.25) is 0 Å². The Morgan fingerprint density at radius 2 is 1.86 bits per heavy atom. The molecular formula is C22H20FN5. The summed E-state index contributed by atoms with van der Waals surface area (Å²) >= 11 is 0. The van der Waals surface area contributed by atoms with Gasteiger partial charge in [0.2, 0.25) is 0 Å². The van der Waals surface area contributed by atoms with Crippen LogP contribution in [-0.4, -0.2) is 19.5 Å². The first kappa shape index (κ1) is 16.0. The normalized spacial score (nSPS) is 21.9. The lowest BCUT2D eigenvalue weighted by Crippen LogP contribution is -2.27. The molecule has 2 aliphatic carbocycles. The molecule has 6 rings (SSSR count). The van der Waals surface area contributed by atoms with Crippen molar-refractivity contribution < 1.29 is 4.39 Å². The van der Waals surface area contributed by atoms with Crippen molar-refractivity contribution in [1.29, 1.82) is 0 Å². The van der Waals surface area contributed by atoms with Gasteiger partial charge in [-0.2, -0.15) is 0 Å².